The Morgan fingerprint density at radius 2 is 1.80 bits per heavy atom. The Morgan fingerprint density at radius 3 is 2.51 bits per heavy atom. The van der Waals surface area contributed by atoms with E-state index in [0.717, 1.165) is 28.7 Å². The number of esters is 1. The van der Waals surface area contributed by atoms with Crippen molar-refractivity contribution in [2.45, 2.75) is 77.3 Å². The molecule has 0 aliphatic carbocycles. The molecule has 1 aromatic heterocycles. The van der Waals surface area contributed by atoms with Gasteiger partial charge < -0.3 is 10.1 Å². The van der Waals surface area contributed by atoms with Crippen LogP contribution in [0.1, 0.15) is 69.7 Å². The number of hydrogen-bond acceptors (Lipinski definition) is 6. The zero-order chi connectivity index (χ0) is 30.2. The molecule has 1 atom stereocenters. The summed E-state index contributed by atoms with van der Waals surface area (Å²) in [6.45, 7) is 12.7. The summed E-state index contributed by atoms with van der Waals surface area (Å²) < 4.78 is 35.1. The molecule has 0 saturated carbocycles. The summed E-state index contributed by atoms with van der Waals surface area (Å²) in [6.07, 6.45) is 5.27. The highest BCUT2D eigenvalue weighted by Gasteiger charge is 2.31. The highest BCUT2D eigenvalue weighted by molar-refractivity contribution is 7.89. The van der Waals surface area contributed by atoms with E-state index in [1.54, 1.807) is 35.6 Å². The molecule has 2 aromatic carbocycles. The first-order chi connectivity index (χ1) is 19.3. The van der Waals surface area contributed by atoms with Crippen molar-refractivity contribution in [3.05, 3.63) is 82.6 Å². The fourth-order valence-corrected chi connectivity index (χ4v) is 6.81. The van der Waals surface area contributed by atoms with Crippen LogP contribution in [0.5, 0.6) is 0 Å². The summed E-state index contributed by atoms with van der Waals surface area (Å²) in [5.74, 6) is -0.239. The number of nitrogens with zero attached hydrogens (tertiary/aromatic N) is 2. The standard InChI is InChI=1S/C32H42ClN3O4S/c1-23-22-35-18-15-28(23)27-12-9-11-26(21-27)25(3)36(41(38,39)30-14-10-13-29(33)24(30)2)20-8-7-17-34-19-16-31(37)40-32(4,5)6/h9-15,18,21-22,25,34H,7-8,16-17,19-20H2,1-6H3/t25-/m0/s1. The minimum Gasteiger partial charge on any atom is -0.460 e. The highest BCUT2D eigenvalue weighted by atomic mass is 35.5. The number of hydrogen-bond donors (Lipinski definition) is 1. The van der Waals surface area contributed by atoms with Crippen LogP contribution >= 0.6 is 11.6 Å². The van der Waals surface area contributed by atoms with Gasteiger partial charge in [-0.1, -0.05) is 35.9 Å². The molecule has 0 fully saturated rings. The van der Waals surface area contributed by atoms with Gasteiger partial charge in [0.1, 0.15) is 5.60 Å². The van der Waals surface area contributed by atoms with Crippen molar-refractivity contribution in [1.82, 2.24) is 14.6 Å². The number of pyridine rings is 1. The van der Waals surface area contributed by atoms with Gasteiger partial charge in [-0.25, -0.2) is 8.42 Å². The molecule has 0 bridgehead atoms. The van der Waals surface area contributed by atoms with Crippen LogP contribution in [0.2, 0.25) is 5.02 Å². The number of rotatable bonds is 13. The van der Waals surface area contributed by atoms with Crippen molar-refractivity contribution in [3.8, 4) is 11.1 Å². The number of nitrogens with one attached hydrogen (secondary N) is 1. The molecule has 9 heteroatoms. The molecule has 0 unspecified atom stereocenters. The molecule has 0 radical (unpaired) electrons. The van der Waals surface area contributed by atoms with Gasteiger partial charge in [-0.15, -0.1) is 0 Å². The number of unbranched alkanes of at least 4 members (excludes halogenated alkanes) is 1. The lowest BCUT2D eigenvalue weighted by molar-refractivity contribution is -0.154. The smallest absolute Gasteiger partial charge is 0.307 e. The number of carbonyl (C=O) groups is 1. The maximum Gasteiger partial charge on any atom is 0.307 e. The fourth-order valence-electron chi connectivity index (χ4n) is 4.67. The number of carbonyl (C=O) groups excluding carboxylic acids is 1. The molecule has 1 N–H and O–H groups in total. The molecule has 0 saturated heterocycles. The molecule has 0 aliphatic heterocycles. The fraction of sp³-hybridized carbons (Fsp3) is 0.438. The summed E-state index contributed by atoms with van der Waals surface area (Å²) >= 11 is 6.33. The molecular formula is C32H42ClN3O4S. The molecule has 41 heavy (non-hydrogen) atoms. The zero-order valence-electron chi connectivity index (χ0n) is 24.9. The average molecular weight is 600 g/mol. The van der Waals surface area contributed by atoms with Crippen molar-refractivity contribution in [2.75, 3.05) is 19.6 Å². The van der Waals surface area contributed by atoms with Gasteiger partial charge in [-0.05, 0) is 113 Å². The Balaban J connectivity index is 1.77. The second kappa shape index (κ2) is 14.4. The summed E-state index contributed by atoms with van der Waals surface area (Å²) in [4.78, 5) is 16.3. The van der Waals surface area contributed by atoms with Crippen LogP contribution in [-0.2, 0) is 19.6 Å². The first-order valence-electron chi connectivity index (χ1n) is 14.0. The maximum atomic E-state index is 14.1. The third kappa shape index (κ3) is 9.10. The van der Waals surface area contributed by atoms with Crippen molar-refractivity contribution in [2.24, 2.45) is 0 Å². The van der Waals surface area contributed by atoms with Crippen molar-refractivity contribution < 1.29 is 17.9 Å². The van der Waals surface area contributed by atoms with Crippen LogP contribution in [-0.4, -0.2) is 48.9 Å². The zero-order valence-corrected chi connectivity index (χ0v) is 26.5. The lowest BCUT2D eigenvalue weighted by Gasteiger charge is -2.30. The van der Waals surface area contributed by atoms with Crippen molar-refractivity contribution >= 4 is 27.6 Å². The Hall–Kier alpha value is -2.78. The summed E-state index contributed by atoms with van der Waals surface area (Å²) in [5.41, 5.74) is 4.07. The van der Waals surface area contributed by atoms with E-state index < -0.39 is 21.7 Å². The number of aromatic nitrogens is 1. The number of ether oxygens (including phenoxy) is 1. The van der Waals surface area contributed by atoms with Crippen LogP contribution in [0, 0.1) is 13.8 Å². The van der Waals surface area contributed by atoms with Gasteiger partial charge in [0, 0.05) is 36.5 Å². The van der Waals surface area contributed by atoms with E-state index in [2.05, 4.69) is 16.4 Å². The first kappa shape index (κ1) is 32.7. The molecule has 3 rings (SSSR count). The van der Waals surface area contributed by atoms with E-state index in [-0.39, 0.29) is 17.3 Å². The molecule has 1 heterocycles. The monoisotopic (exact) mass is 599 g/mol. The minimum absolute atomic E-state index is 0.216. The largest absolute Gasteiger partial charge is 0.460 e. The van der Waals surface area contributed by atoms with Gasteiger partial charge in [-0.3, -0.25) is 9.78 Å². The van der Waals surface area contributed by atoms with Crippen LogP contribution < -0.4 is 5.32 Å². The summed E-state index contributed by atoms with van der Waals surface area (Å²) in [5, 5.41) is 3.68. The topological polar surface area (TPSA) is 88.6 Å². The second-order valence-corrected chi connectivity index (χ2v) is 13.5. The normalized spacial score (nSPS) is 12.9. The third-order valence-electron chi connectivity index (χ3n) is 6.84. The van der Waals surface area contributed by atoms with Gasteiger partial charge in [0.25, 0.3) is 0 Å². The average Bonchev–Trinajstić information content (AvgIpc) is 2.90. The first-order valence-corrected chi connectivity index (χ1v) is 15.8. The van der Waals surface area contributed by atoms with E-state index in [1.165, 1.54) is 0 Å². The predicted octanol–water partition coefficient (Wildman–Crippen LogP) is 6.87. The van der Waals surface area contributed by atoms with Gasteiger partial charge in [0.15, 0.2) is 0 Å². The van der Waals surface area contributed by atoms with Crippen molar-refractivity contribution in [1.29, 1.82) is 0 Å². The van der Waals surface area contributed by atoms with E-state index in [9.17, 15) is 13.2 Å². The summed E-state index contributed by atoms with van der Waals surface area (Å²) in [6, 6.07) is 14.6. The van der Waals surface area contributed by atoms with Crippen LogP contribution in [0.25, 0.3) is 11.1 Å². The summed E-state index contributed by atoms with van der Waals surface area (Å²) in [7, 11) is -3.86. The molecule has 3 aromatic rings. The number of halogens is 1. The number of benzene rings is 2. The molecule has 0 spiro atoms. The lowest BCUT2D eigenvalue weighted by atomic mass is 9.98. The van der Waals surface area contributed by atoms with E-state index >= 15 is 0 Å². The van der Waals surface area contributed by atoms with Crippen LogP contribution in [0.4, 0.5) is 0 Å². The molecule has 0 amide bonds. The maximum absolute atomic E-state index is 14.1. The Morgan fingerprint density at radius 1 is 1.07 bits per heavy atom. The predicted molar refractivity (Wildman–Crippen MR) is 165 cm³/mol. The SMILES string of the molecule is Cc1cnccc1-c1cccc([C@H](C)N(CCCCNCCC(=O)OC(C)(C)C)S(=O)(=O)c2cccc(Cl)c2C)c1. The van der Waals surface area contributed by atoms with Gasteiger partial charge in [0.05, 0.1) is 11.3 Å². The third-order valence-corrected chi connectivity index (χ3v) is 9.37. The van der Waals surface area contributed by atoms with E-state index in [1.807, 2.05) is 65.1 Å². The second-order valence-electron chi connectivity index (χ2n) is 11.3. The van der Waals surface area contributed by atoms with E-state index in [0.29, 0.717) is 36.6 Å². The Kier molecular flexibility index (Phi) is 11.5. The quantitative estimate of drug-likeness (QED) is 0.170. The van der Waals surface area contributed by atoms with Crippen LogP contribution in [0.15, 0.2) is 65.8 Å². The minimum atomic E-state index is -3.86. The van der Waals surface area contributed by atoms with Crippen LogP contribution in [0.3, 0.4) is 0 Å². The molecular weight excluding hydrogens is 558 g/mol. The molecule has 7 nitrogen and oxygen atoms in total. The van der Waals surface area contributed by atoms with Gasteiger partial charge in [-0.2, -0.15) is 4.31 Å². The van der Waals surface area contributed by atoms with E-state index in [4.69, 9.17) is 16.3 Å². The van der Waals surface area contributed by atoms with Crippen molar-refractivity contribution in [3.63, 3.8) is 0 Å². The Labute approximate surface area is 250 Å². The van der Waals surface area contributed by atoms with Gasteiger partial charge >= 0.3 is 5.97 Å². The Bertz CT molecular complexity index is 1440. The highest BCUT2D eigenvalue weighted by Crippen LogP contribution is 2.33. The number of sulfonamides is 1. The molecule has 222 valence electrons. The van der Waals surface area contributed by atoms with Gasteiger partial charge in [0.2, 0.25) is 10.0 Å². The molecule has 0 aliphatic rings. The number of aryl methyl sites for hydroxylation is 1. The lowest BCUT2D eigenvalue weighted by Crippen LogP contribution is -2.35.